The molecule has 12 heavy (non-hydrogen) atoms. The lowest BCUT2D eigenvalue weighted by Gasteiger charge is -2.45. The molecule has 2 aliphatic rings. The second-order valence-electron chi connectivity index (χ2n) is 4.71. The van der Waals surface area contributed by atoms with Crippen LogP contribution in [0.2, 0.25) is 0 Å². The SMILES string of the molecule is CN1CC2CCCC(C)(C1)C2=O. The highest BCUT2D eigenvalue weighted by molar-refractivity contribution is 5.88. The number of nitrogens with zero attached hydrogens (tertiary/aromatic N) is 1. The summed E-state index contributed by atoms with van der Waals surface area (Å²) in [5.74, 6) is 0.884. The van der Waals surface area contributed by atoms with Gasteiger partial charge in [-0.15, -0.1) is 0 Å². The number of carbonyl (C=O) groups excluding carboxylic acids is 1. The Morgan fingerprint density at radius 1 is 1.58 bits per heavy atom. The zero-order chi connectivity index (χ0) is 8.77. The molecule has 0 amide bonds. The number of carbonyl (C=O) groups is 1. The topological polar surface area (TPSA) is 20.3 Å². The van der Waals surface area contributed by atoms with Crippen LogP contribution in [0.4, 0.5) is 0 Å². The van der Waals surface area contributed by atoms with Crippen LogP contribution in [-0.4, -0.2) is 30.8 Å². The molecule has 2 heteroatoms. The molecule has 0 aromatic heterocycles. The van der Waals surface area contributed by atoms with E-state index in [9.17, 15) is 4.79 Å². The molecule has 2 nitrogen and oxygen atoms in total. The number of fused-ring (bicyclic) bond motifs is 2. The molecule has 68 valence electrons. The quantitative estimate of drug-likeness (QED) is 0.542. The first-order valence-corrected chi connectivity index (χ1v) is 4.85. The Labute approximate surface area is 73.9 Å². The first-order valence-electron chi connectivity index (χ1n) is 4.85. The van der Waals surface area contributed by atoms with Gasteiger partial charge in [0, 0.05) is 24.4 Å². The van der Waals surface area contributed by atoms with Gasteiger partial charge in [-0.25, -0.2) is 0 Å². The predicted octanol–water partition coefficient (Wildman–Crippen LogP) is 1.31. The van der Waals surface area contributed by atoms with Crippen LogP contribution in [0.3, 0.4) is 0 Å². The molecule has 2 unspecified atom stereocenters. The number of Topliss-reactive ketones (excluding diaryl/α,β-unsaturated/α-hetero) is 1. The van der Waals surface area contributed by atoms with E-state index in [1.54, 1.807) is 0 Å². The van der Waals surface area contributed by atoms with Gasteiger partial charge in [0.05, 0.1) is 0 Å². The average Bonchev–Trinajstić information content (AvgIpc) is 1.95. The van der Waals surface area contributed by atoms with Gasteiger partial charge < -0.3 is 4.90 Å². The van der Waals surface area contributed by atoms with Crippen LogP contribution in [0.5, 0.6) is 0 Å². The normalized spacial score (nSPS) is 43.2. The summed E-state index contributed by atoms with van der Waals surface area (Å²) in [4.78, 5) is 14.2. The summed E-state index contributed by atoms with van der Waals surface area (Å²) >= 11 is 0. The number of hydrogen-bond acceptors (Lipinski definition) is 2. The van der Waals surface area contributed by atoms with E-state index in [4.69, 9.17) is 0 Å². The van der Waals surface area contributed by atoms with E-state index in [1.807, 2.05) is 0 Å². The Hall–Kier alpha value is -0.370. The van der Waals surface area contributed by atoms with Crippen LogP contribution in [0, 0.1) is 11.3 Å². The molecule has 1 heterocycles. The zero-order valence-electron chi connectivity index (χ0n) is 7.97. The van der Waals surface area contributed by atoms with Crippen LogP contribution in [0.1, 0.15) is 26.2 Å². The predicted molar refractivity (Wildman–Crippen MR) is 48.0 cm³/mol. The van der Waals surface area contributed by atoms with Crippen LogP contribution >= 0.6 is 0 Å². The molecule has 0 N–H and O–H groups in total. The second kappa shape index (κ2) is 2.56. The third kappa shape index (κ3) is 1.09. The second-order valence-corrected chi connectivity index (χ2v) is 4.71. The summed E-state index contributed by atoms with van der Waals surface area (Å²) in [6, 6.07) is 0. The Morgan fingerprint density at radius 2 is 2.33 bits per heavy atom. The fourth-order valence-electron chi connectivity index (χ4n) is 2.85. The van der Waals surface area contributed by atoms with Crippen molar-refractivity contribution < 1.29 is 4.79 Å². The first-order chi connectivity index (χ1) is 5.62. The molecule has 2 rings (SSSR count). The van der Waals surface area contributed by atoms with Gasteiger partial charge in [0.15, 0.2) is 0 Å². The van der Waals surface area contributed by atoms with Crippen LogP contribution < -0.4 is 0 Å². The minimum absolute atomic E-state index is 0.00405. The highest BCUT2D eigenvalue weighted by Gasteiger charge is 2.45. The van der Waals surface area contributed by atoms with Crippen molar-refractivity contribution in [3.63, 3.8) is 0 Å². The molecule has 1 aliphatic heterocycles. The maximum atomic E-state index is 11.8. The van der Waals surface area contributed by atoms with Gasteiger partial charge >= 0.3 is 0 Å². The maximum absolute atomic E-state index is 11.8. The van der Waals surface area contributed by atoms with E-state index in [-0.39, 0.29) is 5.41 Å². The molecule has 2 bridgehead atoms. The van der Waals surface area contributed by atoms with Crippen LogP contribution in [0.15, 0.2) is 0 Å². The summed E-state index contributed by atoms with van der Waals surface area (Å²) in [5, 5.41) is 0. The Kier molecular flexibility index (Phi) is 1.76. The lowest BCUT2D eigenvalue weighted by molar-refractivity contribution is -0.141. The monoisotopic (exact) mass is 167 g/mol. The zero-order valence-corrected chi connectivity index (χ0v) is 7.97. The van der Waals surface area contributed by atoms with E-state index in [0.29, 0.717) is 11.7 Å². The molecule has 1 saturated heterocycles. The summed E-state index contributed by atoms with van der Waals surface area (Å²) in [6.45, 7) is 4.11. The van der Waals surface area contributed by atoms with Crippen molar-refractivity contribution >= 4 is 5.78 Å². The van der Waals surface area contributed by atoms with Crippen molar-refractivity contribution in [2.45, 2.75) is 26.2 Å². The summed E-state index contributed by atoms with van der Waals surface area (Å²) < 4.78 is 0. The van der Waals surface area contributed by atoms with E-state index >= 15 is 0 Å². The fraction of sp³-hybridized carbons (Fsp3) is 0.900. The Bertz CT molecular complexity index is 214. The molecule has 1 aliphatic carbocycles. The minimum Gasteiger partial charge on any atom is -0.305 e. The number of likely N-dealkylation sites (tertiary alicyclic amines) is 1. The standard InChI is InChI=1S/C10H17NO/c1-10-5-3-4-8(9(10)12)6-11(2)7-10/h8H,3-7H2,1-2H3. The van der Waals surface area contributed by atoms with Gasteiger partial charge in [0.1, 0.15) is 5.78 Å². The first kappa shape index (κ1) is 8.24. The summed E-state index contributed by atoms with van der Waals surface area (Å²) in [7, 11) is 2.13. The molecule has 1 saturated carbocycles. The minimum atomic E-state index is -0.00405. The van der Waals surface area contributed by atoms with Gasteiger partial charge in [-0.2, -0.15) is 0 Å². The van der Waals surface area contributed by atoms with Crippen molar-refractivity contribution in [1.82, 2.24) is 4.90 Å². The molecular weight excluding hydrogens is 150 g/mol. The van der Waals surface area contributed by atoms with Crippen molar-refractivity contribution in [3.05, 3.63) is 0 Å². The van der Waals surface area contributed by atoms with E-state index in [1.165, 1.54) is 6.42 Å². The van der Waals surface area contributed by atoms with Gasteiger partial charge in [-0.1, -0.05) is 13.3 Å². The Balaban J connectivity index is 2.24. The molecule has 2 atom stereocenters. The number of rotatable bonds is 0. The fourth-order valence-corrected chi connectivity index (χ4v) is 2.85. The van der Waals surface area contributed by atoms with E-state index < -0.39 is 0 Å². The van der Waals surface area contributed by atoms with Gasteiger partial charge in [-0.3, -0.25) is 4.79 Å². The molecule has 0 aromatic rings. The largest absolute Gasteiger partial charge is 0.305 e. The third-order valence-corrected chi connectivity index (χ3v) is 3.40. The highest BCUT2D eigenvalue weighted by Crippen LogP contribution is 2.39. The third-order valence-electron chi connectivity index (χ3n) is 3.40. The average molecular weight is 167 g/mol. The molecule has 0 spiro atoms. The van der Waals surface area contributed by atoms with Gasteiger partial charge in [0.2, 0.25) is 0 Å². The molecule has 2 fully saturated rings. The lowest BCUT2D eigenvalue weighted by Crippen LogP contribution is -2.53. The number of ketones is 1. The van der Waals surface area contributed by atoms with Crippen molar-refractivity contribution in [2.24, 2.45) is 11.3 Å². The summed E-state index contributed by atoms with van der Waals surface area (Å²) in [5.41, 5.74) is -0.00405. The van der Waals surface area contributed by atoms with E-state index in [0.717, 1.165) is 25.9 Å². The molecular formula is C10H17NO. The lowest BCUT2D eigenvalue weighted by atomic mass is 9.67. The van der Waals surface area contributed by atoms with Crippen LogP contribution in [-0.2, 0) is 4.79 Å². The highest BCUT2D eigenvalue weighted by atomic mass is 16.1. The Morgan fingerprint density at radius 3 is 3.00 bits per heavy atom. The van der Waals surface area contributed by atoms with Crippen LogP contribution in [0.25, 0.3) is 0 Å². The number of piperidine rings is 1. The smallest absolute Gasteiger partial charge is 0.144 e. The maximum Gasteiger partial charge on any atom is 0.144 e. The van der Waals surface area contributed by atoms with Crippen molar-refractivity contribution in [3.8, 4) is 0 Å². The molecule has 0 aromatic carbocycles. The van der Waals surface area contributed by atoms with Gasteiger partial charge in [-0.05, 0) is 19.9 Å². The van der Waals surface area contributed by atoms with Crippen molar-refractivity contribution in [1.29, 1.82) is 0 Å². The van der Waals surface area contributed by atoms with Gasteiger partial charge in [0.25, 0.3) is 0 Å². The van der Waals surface area contributed by atoms with Crippen molar-refractivity contribution in [2.75, 3.05) is 20.1 Å². The number of hydrogen-bond donors (Lipinski definition) is 0. The summed E-state index contributed by atoms with van der Waals surface area (Å²) in [6.07, 6.45) is 3.48. The van der Waals surface area contributed by atoms with E-state index in [2.05, 4.69) is 18.9 Å². The molecule has 0 radical (unpaired) electrons.